The predicted molar refractivity (Wildman–Crippen MR) is 169 cm³/mol. The summed E-state index contributed by atoms with van der Waals surface area (Å²) < 4.78 is 3.37. The number of carboxylic acids is 2. The van der Waals surface area contributed by atoms with Crippen molar-refractivity contribution in [3.05, 3.63) is 129 Å². The van der Waals surface area contributed by atoms with Gasteiger partial charge in [-0.2, -0.15) is 0 Å². The number of fused-ring (bicyclic) bond motifs is 2. The van der Waals surface area contributed by atoms with Gasteiger partial charge in [-0.15, -0.1) is 0 Å². The van der Waals surface area contributed by atoms with Gasteiger partial charge in [-0.05, 0) is 36.1 Å². The van der Waals surface area contributed by atoms with Gasteiger partial charge in [0.05, 0.1) is 22.0 Å². The van der Waals surface area contributed by atoms with E-state index in [0.29, 0.717) is 59.8 Å². The van der Waals surface area contributed by atoms with E-state index in [1.807, 2.05) is 0 Å². The molecule has 0 saturated carbocycles. The molecule has 0 spiro atoms. The maximum atomic E-state index is 12.7. The van der Waals surface area contributed by atoms with E-state index in [2.05, 4.69) is 13.2 Å². The molecule has 45 heavy (non-hydrogen) atoms. The monoisotopic (exact) mass is 652 g/mol. The van der Waals surface area contributed by atoms with Crippen LogP contribution in [0.2, 0.25) is 10.0 Å². The minimum absolute atomic E-state index is 0. The van der Waals surface area contributed by atoms with Crippen LogP contribution >= 0.6 is 23.2 Å². The second kappa shape index (κ2) is 14.0. The van der Waals surface area contributed by atoms with Crippen LogP contribution in [0.25, 0.3) is 12.2 Å². The molecule has 2 aliphatic heterocycles. The molecule has 6 rings (SSSR count). The Labute approximate surface area is 285 Å². The SMILES string of the molecule is C=Cc1ccc(C(=O)c2c(Cl)cc3n2CCC3C(=O)[O-])cc1.C=Cc1ccc(C(=O)c2c(Cl)cc3n2CCC3C(=O)[O-])cc1.[Mg+2]. The summed E-state index contributed by atoms with van der Waals surface area (Å²) in [5, 5.41) is 22.8. The minimum Gasteiger partial charge on any atom is -0.549 e. The van der Waals surface area contributed by atoms with Crippen molar-refractivity contribution < 1.29 is 29.4 Å². The third-order valence-electron chi connectivity index (χ3n) is 7.98. The Bertz CT molecular complexity index is 1690. The smallest absolute Gasteiger partial charge is 0.549 e. The molecule has 0 bridgehead atoms. The number of ketones is 2. The number of carboxylic acid groups (broad SMARTS) is 2. The third kappa shape index (κ3) is 6.58. The first-order valence-corrected chi connectivity index (χ1v) is 14.5. The molecule has 0 saturated heterocycles. The molecule has 0 N–H and O–H groups in total. The molecule has 2 aromatic heterocycles. The van der Waals surface area contributed by atoms with Gasteiger partial charge in [0.15, 0.2) is 0 Å². The fourth-order valence-corrected chi connectivity index (χ4v) is 6.29. The summed E-state index contributed by atoms with van der Waals surface area (Å²) in [6.45, 7) is 8.24. The van der Waals surface area contributed by atoms with Crippen molar-refractivity contribution in [1.82, 2.24) is 9.13 Å². The maximum Gasteiger partial charge on any atom is 2.00 e. The first kappa shape index (κ1) is 34.0. The van der Waals surface area contributed by atoms with E-state index in [4.69, 9.17) is 23.2 Å². The van der Waals surface area contributed by atoms with Crippen LogP contribution in [0.5, 0.6) is 0 Å². The van der Waals surface area contributed by atoms with Crippen molar-refractivity contribution in [2.45, 2.75) is 37.8 Å². The number of aliphatic carboxylic acids is 2. The van der Waals surface area contributed by atoms with Gasteiger partial charge in [0.2, 0.25) is 11.6 Å². The van der Waals surface area contributed by atoms with Crippen molar-refractivity contribution >= 4 is 81.9 Å². The number of hydrogen-bond donors (Lipinski definition) is 0. The first-order valence-electron chi connectivity index (χ1n) is 13.8. The van der Waals surface area contributed by atoms with Crippen LogP contribution in [0.4, 0.5) is 0 Å². The zero-order chi connectivity index (χ0) is 31.7. The number of halogens is 2. The molecule has 4 aromatic rings. The van der Waals surface area contributed by atoms with Gasteiger partial charge in [0, 0.05) is 47.4 Å². The molecule has 2 aromatic carbocycles. The van der Waals surface area contributed by atoms with Crippen LogP contribution in [0.15, 0.2) is 73.8 Å². The zero-order valence-electron chi connectivity index (χ0n) is 24.1. The van der Waals surface area contributed by atoms with E-state index in [1.165, 1.54) is 0 Å². The largest absolute Gasteiger partial charge is 2.00 e. The first-order chi connectivity index (χ1) is 21.0. The summed E-state index contributed by atoms with van der Waals surface area (Å²) in [6, 6.07) is 17.1. The fraction of sp³-hybridized carbons (Fsp3) is 0.176. The van der Waals surface area contributed by atoms with Gasteiger partial charge in [-0.1, -0.05) is 97.0 Å². The quantitative estimate of drug-likeness (QED) is 0.208. The minimum atomic E-state index is -1.14. The Balaban J connectivity index is 0.000000200. The topological polar surface area (TPSA) is 124 Å². The van der Waals surface area contributed by atoms with Crippen LogP contribution in [-0.4, -0.2) is 55.7 Å². The fourth-order valence-electron chi connectivity index (χ4n) is 5.69. The molecular weight excluding hydrogens is 628 g/mol. The molecule has 2 unspecified atom stereocenters. The van der Waals surface area contributed by atoms with E-state index in [0.717, 1.165) is 11.1 Å². The van der Waals surface area contributed by atoms with E-state index >= 15 is 0 Å². The average molecular weight is 654 g/mol. The molecule has 0 aliphatic carbocycles. The van der Waals surface area contributed by atoms with Gasteiger partial charge in [0.1, 0.15) is 11.4 Å². The average Bonchev–Trinajstić information content (AvgIpc) is 3.76. The summed E-state index contributed by atoms with van der Waals surface area (Å²) in [6.07, 6.45) is 4.23. The summed E-state index contributed by atoms with van der Waals surface area (Å²) in [7, 11) is 0. The Kier molecular flexibility index (Phi) is 10.6. The molecule has 8 nitrogen and oxygen atoms in total. The standard InChI is InChI=1S/2C17H14ClNO3.Mg/c2*1-2-10-3-5-11(6-4-10)16(20)15-13(18)9-14-12(17(21)22)7-8-19(14)15;/h2*2-6,9,12H,1,7-8H2,(H,21,22);/q;;+2/p-2. The Morgan fingerprint density at radius 2 is 1.00 bits per heavy atom. The van der Waals surface area contributed by atoms with Crippen molar-refractivity contribution in [1.29, 1.82) is 0 Å². The van der Waals surface area contributed by atoms with Crippen LogP contribution in [-0.2, 0) is 22.7 Å². The van der Waals surface area contributed by atoms with Gasteiger partial charge in [-0.25, -0.2) is 0 Å². The van der Waals surface area contributed by atoms with Crippen LogP contribution in [0.1, 0.15) is 79.3 Å². The molecule has 2 aliphatic rings. The van der Waals surface area contributed by atoms with Gasteiger partial charge >= 0.3 is 23.1 Å². The molecule has 224 valence electrons. The third-order valence-corrected chi connectivity index (χ3v) is 8.55. The molecule has 0 amide bonds. The molecule has 2 atom stereocenters. The van der Waals surface area contributed by atoms with Gasteiger partial charge in [-0.3, -0.25) is 9.59 Å². The number of carbonyl (C=O) groups excluding carboxylic acids is 4. The van der Waals surface area contributed by atoms with Crippen molar-refractivity contribution in [2.75, 3.05) is 0 Å². The molecule has 0 radical (unpaired) electrons. The van der Waals surface area contributed by atoms with Crippen molar-refractivity contribution in [2.24, 2.45) is 0 Å². The summed E-state index contributed by atoms with van der Waals surface area (Å²) >= 11 is 12.3. The normalized spacial score (nSPS) is 16.0. The number of carbonyl (C=O) groups is 4. The van der Waals surface area contributed by atoms with E-state index in [1.54, 1.807) is 81.9 Å². The van der Waals surface area contributed by atoms with Crippen molar-refractivity contribution in [3.63, 3.8) is 0 Å². The molecule has 4 heterocycles. The number of nitrogens with zero attached hydrogens (tertiary/aromatic N) is 2. The predicted octanol–water partition coefficient (Wildman–Crippen LogP) is 4.12. The number of benzene rings is 2. The Morgan fingerprint density at radius 3 is 1.29 bits per heavy atom. The van der Waals surface area contributed by atoms with E-state index in [9.17, 15) is 29.4 Å². The second-order valence-electron chi connectivity index (χ2n) is 10.5. The molecule has 11 heteroatoms. The molecule has 0 fully saturated rings. The van der Waals surface area contributed by atoms with E-state index in [-0.39, 0.29) is 44.7 Å². The van der Waals surface area contributed by atoms with Crippen LogP contribution in [0, 0.1) is 0 Å². The van der Waals surface area contributed by atoms with Crippen LogP contribution < -0.4 is 10.2 Å². The maximum absolute atomic E-state index is 12.7. The summed E-state index contributed by atoms with van der Waals surface area (Å²) in [5.41, 5.74) is 4.60. The van der Waals surface area contributed by atoms with Crippen LogP contribution in [0.3, 0.4) is 0 Å². The zero-order valence-corrected chi connectivity index (χ0v) is 27.1. The summed E-state index contributed by atoms with van der Waals surface area (Å²) in [4.78, 5) is 47.6. The second-order valence-corrected chi connectivity index (χ2v) is 11.3. The number of aromatic nitrogens is 2. The van der Waals surface area contributed by atoms with Crippen molar-refractivity contribution in [3.8, 4) is 0 Å². The van der Waals surface area contributed by atoms with Gasteiger partial charge < -0.3 is 28.9 Å². The summed E-state index contributed by atoms with van der Waals surface area (Å²) in [5.74, 6) is -4.12. The Morgan fingerprint density at radius 1 is 0.667 bits per heavy atom. The number of hydrogen-bond acceptors (Lipinski definition) is 6. The van der Waals surface area contributed by atoms with Gasteiger partial charge in [0.25, 0.3) is 0 Å². The Hall–Kier alpha value is -3.89. The molecular formula is C34H26Cl2MgN2O6. The van der Waals surface area contributed by atoms with E-state index < -0.39 is 23.8 Å². The number of rotatable bonds is 8.